The second kappa shape index (κ2) is 7.75. The molecule has 1 aliphatic carbocycles. The monoisotopic (exact) mass is 382 g/mol. The number of hydrogen-bond acceptors (Lipinski definition) is 7. The van der Waals surface area contributed by atoms with Crippen LogP contribution in [0.2, 0.25) is 0 Å². The Kier molecular flexibility index (Phi) is 5.42. The lowest BCUT2D eigenvalue weighted by Crippen LogP contribution is -2.28. The number of aromatic nitrogens is 2. The van der Waals surface area contributed by atoms with Crippen molar-refractivity contribution in [3.8, 4) is 0 Å². The van der Waals surface area contributed by atoms with Crippen LogP contribution in [0.5, 0.6) is 0 Å². The molecule has 3 heterocycles. The summed E-state index contributed by atoms with van der Waals surface area (Å²) < 4.78 is 17.8. The first-order valence-corrected chi connectivity index (χ1v) is 10.4. The van der Waals surface area contributed by atoms with Gasteiger partial charge in [-0.15, -0.1) is 11.3 Å². The first kappa shape index (κ1) is 17.5. The Labute approximate surface area is 154 Å². The number of rotatable bonds is 6. The topological polar surface area (TPSA) is 62.6 Å². The molecule has 8 heteroatoms. The normalized spacial score (nSPS) is 20.3. The first-order chi connectivity index (χ1) is 12.3. The Hall–Kier alpha value is -0.930. The van der Waals surface area contributed by atoms with Crippen LogP contribution in [-0.4, -0.2) is 48.5 Å². The van der Waals surface area contributed by atoms with Crippen LogP contribution in [0.1, 0.15) is 23.3 Å². The Balaban J connectivity index is 1.67. The van der Waals surface area contributed by atoms with Crippen LogP contribution in [0.25, 0.3) is 10.2 Å². The van der Waals surface area contributed by atoms with Crippen molar-refractivity contribution in [3.05, 3.63) is 20.8 Å². The van der Waals surface area contributed by atoms with Gasteiger partial charge in [-0.2, -0.15) is 0 Å². The molecule has 0 saturated carbocycles. The molecular formula is C17H22N2O4S2. The summed E-state index contributed by atoms with van der Waals surface area (Å²) in [5.74, 6) is 0.777. The first-order valence-electron chi connectivity index (χ1n) is 8.64. The maximum atomic E-state index is 13.1. The molecule has 2 aromatic heterocycles. The standard InChI is InChI=1S/C17H22N2O4S2/c1-21-8-6-19-16(20)14-12-3-2-4-13(12)25-15(14)18-17(19)24-9-11-5-7-22-10-23-11/h11H,2-10H2,1H3/t11-/m1/s1. The molecule has 0 spiro atoms. The van der Waals surface area contributed by atoms with E-state index in [0.29, 0.717) is 19.9 Å². The number of fused-ring (bicyclic) bond motifs is 3. The van der Waals surface area contributed by atoms with Gasteiger partial charge in [-0.3, -0.25) is 9.36 Å². The highest BCUT2D eigenvalue weighted by Crippen LogP contribution is 2.35. The molecule has 2 aliphatic rings. The Morgan fingerprint density at radius 1 is 1.44 bits per heavy atom. The summed E-state index contributed by atoms with van der Waals surface area (Å²) >= 11 is 3.28. The quantitative estimate of drug-likeness (QED) is 0.565. The molecule has 136 valence electrons. The van der Waals surface area contributed by atoms with Gasteiger partial charge in [-0.05, 0) is 31.2 Å². The van der Waals surface area contributed by atoms with Crippen LogP contribution in [0.4, 0.5) is 0 Å². The van der Waals surface area contributed by atoms with E-state index >= 15 is 0 Å². The molecule has 0 N–H and O–H groups in total. The van der Waals surface area contributed by atoms with E-state index in [0.717, 1.165) is 53.4 Å². The van der Waals surface area contributed by atoms with Crippen molar-refractivity contribution in [2.24, 2.45) is 0 Å². The van der Waals surface area contributed by atoms with E-state index in [4.69, 9.17) is 19.2 Å². The lowest BCUT2D eigenvalue weighted by atomic mass is 10.2. The fourth-order valence-corrected chi connectivity index (χ4v) is 5.74. The highest BCUT2D eigenvalue weighted by Gasteiger charge is 2.24. The van der Waals surface area contributed by atoms with E-state index in [9.17, 15) is 4.79 Å². The second-order valence-corrected chi connectivity index (χ2v) is 8.37. The predicted octanol–water partition coefficient (Wildman–Crippen LogP) is 2.45. The molecule has 0 unspecified atom stereocenters. The van der Waals surface area contributed by atoms with E-state index in [1.165, 1.54) is 10.4 Å². The largest absolute Gasteiger partial charge is 0.383 e. The van der Waals surface area contributed by atoms with Gasteiger partial charge in [0, 0.05) is 17.7 Å². The van der Waals surface area contributed by atoms with Crippen molar-refractivity contribution >= 4 is 33.3 Å². The molecule has 1 fully saturated rings. The lowest BCUT2D eigenvalue weighted by Gasteiger charge is -2.22. The number of methoxy groups -OCH3 is 1. The van der Waals surface area contributed by atoms with E-state index in [2.05, 4.69) is 0 Å². The van der Waals surface area contributed by atoms with Gasteiger partial charge >= 0.3 is 0 Å². The van der Waals surface area contributed by atoms with Gasteiger partial charge in [0.15, 0.2) is 5.16 Å². The van der Waals surface area contributed by atoms with Gasteiger partial charge in [0.05, 0.1) is 31.2 Å². The van der Waals surface area contributed by atoms with Crippen LogP contribution >= 0.6 is 23.1 Å². The molecule has 0 bridgehead atoms. The second-order valence-electron chi connectivity index (χ2n) is 6.30. The maximum absolute atomic E-state index is 13.1. The molecule has 25 heavy (non-hydrogen) atoms. The Bertz CT molecular complexity index is 811. The molecule has 0 amide bonds. The summed E-state index contributed by atoms with van der Waals surface area (Å²) in [5, 5.41) is 1.60. The summed E-state index contributed by atoms with van der Waals surface area (Å²) in [7, 11) is 1.65. The number of aryl methyl sites for hydroxylation is 2. The molecule has 6 nitrogen and oxygen atoms in total. The molecule has 1 atom stereocenters. The summed E-state index contributed by atoms with van der Waals surface area (Å²) in [4.78, 5) is 20.2. The zero-order chi connectivity index (χ0) is 17.2. The molecule has 1 saturated heterocycles. The van der Waals surface area contributed by atoms with Crippen molar-refractivity contribution in [1.82, 2.24) is 9.55 Å². The molecule has 4 rings (SSSR count). The molecule has 0 radical (unpaired) electrons. The highest BCUT2D eigenvalue weighted by atomic mass is 32.2. The van der Waals surface area contributed by atoms with Crippen molar-refractivity contribution in [3.63, 3.8) is 0 Å². The van der Waals surface area contributed by atoms with E-state index in [-0.39, 0.29) is 11.7 Å². The average Bonchev–Trinajstić information content (AvgIpc) is 3.21. The number of nitrogens with zero attached hydrogens (tertiary/aromatic N) is 2. The van der Waals surface area contributed by atoms with Crippen LogP contribution in [-0.2, 0) is 33.6 Å². The van der Waals surface area contributed by atoms with Gasteiger partial charge < -0.3 is 14.2 Å². The fourth-order valence-electron chi connectivity index (χ4n) is 3.35. The zero-order valence-corrected chi connectivity index (χ0v) is 15.9. The van der Waals surface area contributed by atoms with Gasteiger partial charge in [0.2, 0.25) is 0 Å². The van der Waals surface area contributed by atoms with Crippen LogP contribution in [0.15, 0.2) is 9.95 Å². The van der Waals surface area contributed by atoms with Gasteiger partial charge in [0.1, 0.15) is 11.6 Å². The van der Waals surface area contributed by atoms with E-state index < -0.39 is 0 Å². The summed E-state index contributed by atoms with van der Waals surface area (Å²) in [6, 6.07) is 0. The van der Waals surface area contributed by atoms with Gasteiger partial charge in [-0.25, -0.2) is 4.98 Å². The molecule has 0 aromatic carbocycles. The average molecular weight is 383 g/mol. The van der Waals surface area contributed by atoms with Crippen LogP contribution in [0, 0.1) is 0 Å². The molecule has 2 aromatic rings. The smallest absolute Gasteiger partial charge is 0.263 e. The number of thiophene rings is 1. The highest BCUT2D eigenvalue weighted by molar-refractivity contribution is 7.99. The number of thioether (sulfide) groups is 1. The third kappa shape index (κ3) is 3.50. The number of ether oxygens (including phenoxy) is 3. The SMILES string of the molecule is COCCn1c(SC[C@H]2CCOCO2)nc2sc3c(c2c1=O)CCC3. The van der Waals surface area contributed by atoms with Crippen LogP contribution < -0.4 is 5.56 Å². The zero-order valence-electron chi connectivity index (χ0n) is 14.3. The minimum Gasteiger partial charge on any atom is -0.383 e. The van der Waals surface area contributed by atoms with Crippen molar-refractivity contribution in [2.45, 2.75) is 43.5 Å². The van der Waals surface area contributed by atoms with Crippen molar-refractivity contribution in [2.75, 3.05) is 32.9 Å². The number of hydrogen-bond donors (Lipinski definition) is 0. The van der Waals surface area contributed by atoms with Crippen molar-refractivity contribution in [1.29, 1.82) is 0 Å². The predicted molar refractivity (Wildman–Crippen MR) is 98.8 cm³/mol. The van der Waals surface area contributed by atoms with Gasteiger partial charge in [0.25, 0.3) is 5.56 Å². The minimum absolute atomic E-state index is 0.0804. The summed E-state index contributed by atoms with van der Waals surface area (Å²) in [5.41, 5.74) is 1.31. The summed E-state index contributed by atoms with van der Waals surface area (Å²) in [6.45, 7) is 2.11. The fraction of sp³-hybridized carbons (Fsp3) is 0.647. The van der Waals surface area contributed by atoms with Crippen LogP contribution in [0.3, 0.4) is 0 Å². The third-order valence-corrected chi connectivity index (χ3v) is 6.97. The Morgan fingerprint density at radius 2 is 2.36 bits per heavy atom. The van der Waals surface area contributed by atoms with Gasteiger partial charge in [-0.1, -0.05) is 11.8 Å². The molecular weight excluding hydrogens is 360 g/mol. The minimum atomic E-state index is 0.0804. The summed E-state index contributed by atoms with van der Waals surface area (Å²) in [6.07, 6.45) is 4.25. The Morgan fingerprint density at radius 3 is 3.16 bits per heavy atom. The lowest BCUT2D eigenvalue weighted by molar-refractivity contribution is -0.130. The maximum Gasteiger partial charge on any atom is 0.263 e. The van der Waals surface area contributed by atoms with E-state index in [1.807, 2.05) is 0 Å². The third-order valence-electron chi connectivity index (χ3n) is 4.68. The van der Waals surface area contributed by atoms with Crippen molar-refractivity contribution < 1.29 is 14.2 Å². The molecule has 1 aliphatic heterocycles. The van der Waals surface area contributed by atoms with E-state index in [1.54, 1.807) is 34.8 Å².